The molecule has 1 saturated carbocycles. The maximum Gasteiger partial charge on any atom is 0.223 e. The Morgan fingerprint density at radius 3 is 3.00 bits per heavy atom. The molecule has 2 aromatic rings. The summed E-state index contributed by atoms with van der Waals surface area (Å²) in [5.41, 5.74) is 4.50. The monoisotopic (exact) mass is 315 g/mol. The molecule has 0 radical (unpaired) electrons. The van der Waals surface area contributed by atoms with Gasteiger partial charge in [0.1, 0.15) is 5.82 Å². The molecule has 5 heteroatoms. The Hall–Kier alpha value is -1.88. The van der Waals surface area contributed by atoms with Gasteiger partial charge in [0, 0.05) is 18.9 Å². The summed E-state index contributed by atoms with van der Waals surface area (Å²) in [6.45, 7) is 4.74. The number of carbonyl (C=O) groups excluding carboxylic acids is 1. The number of fused-ring (bicyclic) bond motifs is 1. The van der Waals surface area contributed by atoms with Gasteiger partial charge in [-0.25, -0.2) is 4.98 Å². The van der Waals surface area contributed by atoms with E-state index in [9.17, 15) is 9.90 Å². The second-order valence-electron chi connectivity index (χ2n) is 6.65. The fraction of sp³-hybridized carbons (Fsp3) is 0.556. The lowest BCUT2D eigenvalue weighted by molar-refractivity contribution is -0.127. The lowest BCUT2D eigenvalue weighted by atomic mass is 9.87. The number of aryl methyl sites for hydroxylation is 2. The molecule has 23 heavy (non-hydrogen) atoms. The van der Waals surface area contributed by atoms with Crippen molar-refractivity contribution in [1.82, 2.24) is 15.3 Å². The van der Waals surface area contributed by atoms with Gasteiger partial charge in [-0.3, -0.25) is 4.79 Å². The highest BCUT2D eigenvalue weighted by atomic mass is 16.3. The Bertz CT molecular complexity index is 708. The van der Waals surface area contributed by atoms with Gasteiger partial charge in [-0.2, -0.15) is 0 Å². The molecular formula is C18H25N3O2. The van der Waals surface area contributed by atoms with Crippen LogP contribution in [0.5, 0.6) is 0 Å². The van der Waals surface area contributed by atoms with Crippen LogP contribution in [0.4, 0.5) is 0 Å². The molecule has 5 nitrogen and oxygen atoms in total. The Morgan fingerprint density at radius 1 is 1.39 bits per heavy atom. The van der Waals surface area contributed by atoms with Gasteiger partial charge >= 0.3 is 0 Å². The van der Waals surface area contributed by atoms with E-state index < -0.39 is 0 Å². The number of amides is 1. The van der Waals surface area contributed by atoms with Gasteiger partial charge in [-0.1, -0.05) is 12.5 Å². The van der Waals surface area contributed by atoms with Gasteiger partial charge in [0.15, 0.2) is 0 Å². The number of carbonyl (C=O) groups is 1. The van der Waals surface area contributed by atoms with E-state index in [4.69, 9.17) is 0 Å². The number of nitrogens with zero attached hydrogens (tertiary/aromatic N) is 1. The van der Waals surface area contributed by atoms with Crippen LogP contribution in [-0.4, -0.2) is 33.6 Å². The Labute approximate surface area is 136 Å². The fourth-order valence-corrected chi connectivity index (χ4v) is 3.33. The zero-order chi connectivity index (χ0) is 16.4. The number of hydrogen-bond donors (Lipinski definition) is 3. The van der Waals surface area contributed by atoms with Crippen LogP contribution in [0.1, 0.15) is 42.6 Å². The molecule has 1 aromatic heterocycles. The SMILES string of the molecule is Cc1ccc2[nH]c(CCNC(=O)[C@H]3CCC[C@H](O)C3)nc2c1C. The predicted octanol–water partition coefficient (Wildman–Crippen LogP) is 2.39. The maximum atomic E-state index is 12.2. The van der Waals surface area contributed by atoms with E-state index in [0.29, 0.717) is 19.4 Å². The molecular weight excluding hydrogens is 290 g/mol. The number of hydrogen-bond acceptors (Lipinski definition) is 3. The zero-order valence-electron chi connectivity index (χ0n) is 13.9. The van der Waals surface area contributed by atoms with Crippen LogP contribution in [-0.2, 0) is 11.2 Å². The van der Waals surface area contributed by atoms with Crippen LogP contribution in [0.15, 0.2) is 12.1 Å². The maximum absolute atomic E-state index is 12.2. The largest absolute Gasteiger partial charge is 0.393 e. The summed E-state index contributed by atoms with van der Waals surface area (Å²) in [4.78, 5) is 20.1. The summed E-state index contributed by atoms with van der Waals surface area (Å²) >= 11 is 0. The standard InChI is InChI=1S/C18H25N3O2/c1-11-6-7-15-17(12(11)2)21-16(20-15)8-9-19-18(23)13-4-3-5-14(22)10-13/h6-7,13-14,22H,3-5,8-10H2,1-2H3,(H,19,23)(H,20,21)/t13-,14-/m0/s1. The molecule has 1 heterocycles. The average molecular weight is 315 g/mol. The summed E-state index contributed by atoms with van der Waals surface area (Å²) in [6.07, 6.45) is 3.60. The van der Waals surface area contributed by atoms with Crippen LogP contribution < -0.4 is 5.32 Å². The lowest BCUT2D eigenvalue weighted by Gasteiger charge is -2.24. The molecule has 0 bridgehead atoms. The molecule has 2 atom stereocenters. The first-order valence-electron chi connectivity index (χ1n) is 8.45. The van der Waals surface area contributed by atoms with E-state index in [1.165, 1.54) is 11.1 Å². The van der Waals surface area contributed by atoms with E-state index in [1.54, 1.807) is 0 Å². The van der Waals surface area contributed by atoms with Crippen molar-refractivity contribution in [3.05, 3.63) is 29.1 Å². The minimum Gasteiger partial charge on any atom is -0.393 e. The highest BCUT2D eigenvalue weighted by molar-refractivity contribution is 5.80. The van der Waals surface area contributed by atoms with Crippen molar-refractivity contribution in [3.63, 3.8) is 0 Å². The lowest BCUT2D eigenvalue weighted by Crippen LogP contribution is -2.36. The minimum absolute atomic E-state index is 0.0423. The van der Waals surface area contributed by atoms with Gasteiger partial charge in [0.05, 0.1) is 17.1 Å². The number of imidazole rings is 1. The van der Waals surface area contributed by atoms with Gasteiger partial charge < -0.3 is 15.4 Å². The molecule has 124 valence electrons. The molecule has 1 fully saturated rings. The quantitative estimate of drug-likeness (QED) is 0.810. The summed E-state index contributed by atoms with van der Waals surface area (Å²) in [7, 11) is 0. The van der Waals surface area contributed by atoms with E-state index in [0.717, 1.165) is 36.1 Å². The number of nitrogens with one attached hydrogen (secondary N) is 2. The predicted molar refractivity (Wildman–Crippen MR) is 90.2 cm³/mol. The number of H-pyrrole nitrogens is 1. The van der Waals surface area contributed by atoms with E-state index in [1.807, 2.05) is 0 Å². The smallest absolute Gasteiger partial charge is 0.223 e. The molecule has 0 spiro atoms. The molecule has 1 aliphatic rings. The summed E-state index contributed by atoms with van der Waals surface area (Å²) in [5.74, 6) is 0.920. The summed E-state index contributed by atoms with van der Waals surface area (Å²) in [5, 5.41) is 12.6. The van der Waals surface area contributed by atoms with Crippen molar-refractivity contribution in [2.45, 2.75) is 52.1 Å². The molecule has 0 unspecified atom stereocenters. The van der Waals surface area contributed by atoms with E-state index >= 15 is 0 Å². The number of aliphatic hydroxyl groups excluding tert-OH is 1. The highest BCUT2D eigenvalue weighted by Crippen LogP contribution is 2.24. The number of rotatable bonds is 4. The van der Waals surface area contributed by atoms with Crippen LogP contribution in [0.2, 0.25) is 0 Å². The number of aromatic nitrogens is 2. The first kappa shape index (κ1) is 16.0. The van der Waals surface area contributed by atoms with Gasteiger partial charge in [0.2, 0.25) is 5.91 Å². The van der Waals surface area contributed by atoms with Crippen molar-refractivity contribution < 1.29 is 9.90 Å². The molecule has 3 rings (SSSR count). The van der Waals surface area contributed by atoms with Crippen molar-refractivity contribution in [2.75, 3.05) is 6.54 Å². The number of aromatic amines is 1. The first-order valence-corrected chi connectivity index (χ1v) is 8.45. The van der Waals surface area contributed by atoms with Crippen molar-refractivity contribution >= 4 is 16.9 Å². The zero-order valence-corrected chi connectivity index (χ0v) is 13.9. The number of aliphatic hydroxyl groups is 1. The Kier molecular flexibility index (Phi) is 4.66. The molecule has 1 amide bonds. The third-order valence-corrected chi connectivity index (χ3v) is 4.91. The van der Waals surface area contributed by atoms with Crippen LogP contribution >= 0.6 is 0 Å². The van der Waals surface area contributed by atoms with Crippen molar-refractivity contribution in [2.24, 2.45) is 5.92 Å². The van der Waals surface area contributed by atoms with E-state index in [-0.39, 0.29) is 17.9 Å². The Balaban J connectivity index is 1.56. The molecule has 1 aromatic carbocycles. The van der Waals surface area contributed by atoms with Gasteiger partial charge in [0.25, 0.3) is 0 Å². The van der Waals surface area contributed by atoms with Crippen LogP contribution in [0.25, 0.3) is 11.0 Å². The third kappa shape index (κ3) is 3.55. The summed E-state index contributed by atoms with van der Waals surface area (Å²) in [6, 6.07) is 4.14. The van der Waals surface area contributed by atoms with Gasteiger partial charge in [-0.05, 0) is 50.3 Å². The molecule has 3 N–H and O–H groups in total. The van der Waals surface area contributed by atoms with Crippen molar-refractivity contribution in [3.8, 4) is 0 Å². The normalized spacial score (nSPS) is 21.5. The average Bonchev–Trinajstić information content (AvgIpc) is 2.95. The fourth-order valence-electron chi connectivity index (χ4n) is 3.33. The second-order valence-corrected chi connectivity index (χ2v) is 6.65. The minimum atomic E-state index is -0.318. The third-order valence-electron chi connectivity index (χ3n) is 4.91. The molecule has 1 aliphatic carbocycles. The summed E-state index contributed by atoms with van der Waals surface area (Å²) < 4.78 is 0. The van der Waals surface area contributed by atoms with E-state index in [2.05, 4.69) is 41.3 Å². The van der Waals surface area contributed by atoms with Crippen LogP contribution in [0.3, 0.4) is 0 Å². The molecule has 0 saturated heterocycles. The topological polar surface area (TPSA) is 78.0 Å². The second kappa shape index (κ2) is 6.71. The van der Waals surface area contributed by atoms with Crippen molar-refractivity contribution in [1.29, 1.82) is 0 Å². The highest BCUT2D eigenvalue weighted by Gasteiger charge is 2.25. The number of benzene rings is 1. The Morgan fingerprint density at radius 2 is 2.22 bits per heavy atom. The first-order chi connectivity index (χ1) is 11.0. The van der Waals surface area contributed by atoms with Gasteiger partial charge in [-0.15, -0.1) is 0 Å². The molecule has 0 aliphatic heterocycles. The van der Waals surface area contributed by atoms with Crippen LogP contribution in [0, 0.1) is 19.8 Å².